The third-order valence-electron chi connectivity index (χ3n) is 8.38. The van der Waals surface area contributed by atoms with Gasteiger partial charge < -0.3 is 25.6 Å². The fourth-order valence-electron chi connectivity index (χ4n) is 6.10. The zero-order valence-electron chi connectivity index (χ0n) is 26.0. The monoisotopic (exact) mass is 647 g/mol. The first kappa shape index (κ1) is 34.8. The van der Waals surface area contributed by atoms with Crippen LogP contribution in [0.25, 0.3) is 17.5 Å². The number of aliphatic hydroxyl groups excluding tert-OH is 1. The minimum atomic E-state index is -1.00. The van der Waals surface area contributed by atoms with Gasteiger partial charge in [-0.25, -0.2) is 4.99 Å². The van der Waals surface area contributed by atoms with Crippen molar-refractivity contribution in [3.05, 3.63) is 85.9 Å². The number of aliphatic carboxylic acids is 2. The number of rotatable bonds is 11. The number of carboxylic acids is 2. The Labute approximate surface area is 269 Å². The topological polar surface area (TPSA) is 148 Å². The maximum absolute atomic E-state index is 11.9. The van der Waals surface area contributed by atoms with Crippen molar-refractivity contribution in [2.45, 2.75) is 73.3 Å². The summed E-state index contributed by atoms with van der Waals surface area (Å²) in [5, 5.41) is 34.5. The average molecular weight is 648 g/mol. The van der Waals surface area contributed by atoms with E-state index in [1.165, 1.54) is 0 Å². The van der Waals surface area contributed by atoms with Crippen LogP contribution < -0.4 is 4.98 Å². The molecule has 0 bridgehead atoms. The van der Waals surface area contributed by atoms with Crippen molar-refractivity contribution in [2.24, 2.45) is 21.8 Å². The van der Waals surface area contributed by atoms with Crippen molar-refractivity contribution >= 4 is 35.5 Å². The van der Waals surface area contributed by atoms with Gasteiger partial charge in [0.15, 0.2) is 0 Å². The van der Waals surface area contributed by atoms with Gasteiger partial charge in [0.1, 0.15) is 0 Å². The molecule has 3 aliphatic rings. The molecule has 0 aliphatic carbocycles. The number of hydrogen-bond acceptors (Lipinski definition) is 5. The molecule has 10 heteroatoms. The second-order valence-electron chi connectivity index (χ2n) is 11.4. The van der Waals surface area contributed by atoms with Crippen LogP contribution in [-0.4, -0.2) is 45.2 Å². The Kier molecular flexibility index (Phi) is 11.4. The Hall–Kier alpha value is -3.72. The van der Waals surface area contributed by atoms with Crippen molar-refractivity contribution < 1.29 is 42.0 Å². The summed E-state index contributed by atoms with van der Waals surface area (Å²) in [6, 6.07) is 0. The molecule has 1 radical (unpaired) electrons. The molecule has 0 fully saturated rings. The van der Waals surface area contributed by atoms with E-state index in [1.807, 2.05) is 45.9 Å². The van der Waals surface area contributed by atoms with Crippen molar-refractivity contribution in [3.63, 3.8) is 0 Å². The minimum absolute atomic E-state index is 0. The average Bonchev–Trinajstić information content (AvgIpc) is 3.67. The van der Waals surface area contributed by atoms with Crippen LogP contribution in [0, 0.1) is 18.8 Å². The Balaban J connectivity index is 0.00000529. The molecule has 9 nitrogen and oxygen atoms in total. The molecular formula is C34H40CuN4O5. The SMILES string of the molecule is C=CC1=N/C(=C\c2[n-]c(/C=C3N=C(/C(CC(=O)O)=C4/C=C(C)C[N-]4)C(CCC(=O)O)C\3C)c(C)c2C(C)O)C(C)=C1CC.[Cu+2]. The third-order valence-corrected chi connectivity index (χ3v) is 8.38. The van der Waals surface area contributed by atoms with E-state index in [9.17, 15) is 24.9 Å². The van der Waals surface area contributed by atoms with E-state index in [4.69, 9.17) is 15.0 Å². The summed E-state index contributed by atoms with van der Waals surface area (Å²) in [4.78, 5) is 38.0. The molecule has 0 amide bonds. The summed E-state index contributed by atoms with van der Waals surface area (Å²) in [5.41, 5.74) is 9.95. The van der Waals surface area contributed by atoms with Crippen molar-refractivity contribution in [3.8, 4) is 0 Å². The predicted octanol–water partition coefficient (Wildman–Crippen LogP) is 6.69. The molecule has 0 aromatic carbocycles. The van der Waals surface area contributed by atoms with Gasteiger partial charge in [-0.1, -0.05) is 49.8 Å². The van der Waals surface area contributed by atoms with Crippen LogP contribution in [0.2, 0.25) is 0 Å². The number of aliphatic hydroxyl groups is 1. The molecule has 4 heterocycles. The number of allylic oxidation sites excluding steroid dienone is 5. The summed E-state index contributed by atoms with van der Waals surface area (Å²) in [5.74, 6) is -2.41. The predicted molar refractivity (Wildman–Crippen MR) is 170 cm³/mol. The van der Waals surface area contributed by atoms with Crippen LogP contribution in [0.4, 0.5) is 0 Å². The van der Waals surface area contributed by atoms with Gasteiger partial charge in [0.25, 0.3) is 0 Å². The van der Waals surface area contributed by atoms with Gasteiger partial charge in [0, 0.05) is 29.7 Å². The molecule has 3 atom stereocenters. The van der Waals surface area contributed by atoms with E-state index in [2.05, 4.69) is 18.8 Å². The van der Waals surface area contributed by atoms with E-state index >= 15 is 0 Å². The van der Waals surface area contributed by atoms with Gasteiger partial charge >= 0.3 is 29.0 Å². The third kappa shape index (κ3) is 7.15. The maximum atomic E-state index is 11.9. The molecule has 3 N–H and O–H groups in total. The second kappa shape index (κ2) is 14.4. The van der Waals surface area contributed by atoms with Crippen LogP contribution >= 0.6 is 0 Å². The zero-order valence-corrected chi connectivity index (χ0v) is 27.0. The number of aromatic nitrogens is 1. The minimum Gasteiger partial charge on any atom is -0.681 e. The van der Waals surface area contributed by atoms with Crippen LogP contribution in [-0.2, 0) is 26.7 Å². The molecule has 3 unspecified atom stereocenters. The molecule has 4 rings (SSSR count). The Morgan fingerprint density at radius 1 is 1.14 bits per heavy atom. The molecule has 3 aliphatic heterocycles. The van der Waals surface area contributed by atoms with Gasteiger partial charge in [-0.15, -0.1) is 23.6 Å². The first-order valence-corrected chi connectivity index (χ1v) is 14.7. The molecule has 237 valence electrons. The van der Waals surface area contributed by atoms with Crippen LogP contribution in [0.15, 0.2) is 68.1 Å². The summed E-state index contributed by atoms with van der Waals surface area (Å²) in [6.45, 7) is 16.0. The van der Waals surface area contributed by atoms with E-state index in [-0.39, 0.29) is 41.7 Å². The van der Waals surface area contributed by atoms with Crippen molar-refractivity contribution in [2.75, 3.05) is 6.54 Å². The van der Waals surface area contributed by atoms with E-state index in [1.54, 1.807) is 13.0 Å². The van der Waals surface area contributed by atoms with Gasteiger partial charge in [-0.2, -0.15) is 0 Å². The van der Waals surface area contributed by atoms with E-state index in [0.717, 1.165) is 40.1 Å². The maximum Gasteiger partial charge on any atom is 2.00 e. The number of carbonyl (C=O) groups is 2. The summed E-state index contributed by atoms with van der Waals surface area (Å²) >= 11 is 0. The van der Waals surface area contributed by atoms with Gasteiger partial charge in [0.05, 0.1) is 23.9 Å². The van der Waals surface area contributed by atoms with Crippen LogP contribution in [0.5, 0.6) is 0 Å². The number of nitrogens with zero attached hydrogens (tertiary/aromatic N) is 4. The summed E-state index contributed by atoms with van der Waals surface area (Å²) in [7, 11) is 0. The Morgan fingerprint density at radius 2 is 1.84 bits per heavy atom. The zero-order chi connectivity index (χ0) is 31.6. The fourth-order valence-corrected chi connectivity index (χ4v) is 6.10. The number of aliphatic imine (C=N–C) groups is 2. The quantitative estimate of drug-likeness (QED) is 0.228. The van der Waals surface area contributed by atoms with Crippen LogP contribution in [0.3, 0.4) is 0 Å². The summed E-state index contributed by atoms with van der Waals surface area (Å²) in [6.07, 6.45) is 7.42. The van der Waals surface area contributed by atoms with Gasteiger partial charge in [-0.05, 0) is 68.9 Å². The molecule has 44 heavy (non-hydrogen) atoms. The van der Waals surface area contributed by atoms with Crippen molar-refractivity contribution in [1.82, 2.24) is 4.98 Å². The fraction of sp³-hybridized carbons (Fsp3) is 0.412. The van der Waals surface area contributed by atoms with E-state index in [0.29, 0.717) is 52.6 Å². The molecule has 1 aromatic rings. The molecule has 0 saturated heterocycles. The van der Waals surface area contributed by atoms with Gasteiger partial charge in [0.2, 0.25) is 0 Å². The van der Waals surface area contributed by atoms with Gasteiger partial charge in [-0.3, -0.25) is 14.6 Å². The molecule has 1 aromatic heterocycles. The van der Waals surface area contributed by atoms with Crippen molar-refractivity contribution in [1.29, 1.82) is 0 Å². The molecular weight excluding hydrogens is 608 g/mol. The number of carboxylic acid groups (broad SMARTS) is 2. The standard InChI is InChI=1S/C34H42N4O5.Cu/c1-8-22-18(4)26(36-25(22)9-2)15-30-33(21(7)39)20(6)28(37-30)14-27-19(5)23(10-11-31(40)41)34(38-27)24(13-32(42)43)29-12-17(3)16-35-29;/h9,12,14-15,19,21,23,39H,2,8,10-11,13,16H2,1,3-7H3,(H4,35,36,37,38,40,41,42,43);/q;+2/p-2. The number of hydrogen-bond donors (Lipinski definition) is 3. The Morgan fingerprint density at radius 3 is 2.36 bits per heavy atom. The first-order valence-electron chi connectivity index (χ1n) is 14.7. The molecule has 0 spiro atoms. The Bertz CT molecular complexity index is 1580. The second-order valence-corrected chi connectivity index (χ2v) is 11.4. The van der Waals surface area contributed by atoms with Crippen LogP contribution in [0.1, 0.15) is 88.9 Å². The normalized spacial score (nSPS) is 23.3. The molecule has 0 saturated carbocycles. The first-order chi connectivity index (χ1) is 20.4. The summed E-state index contributed by atoms with van der Waals surface area (Å²) < 4.78 is 0. The largest absolute Gasteiger partial charge is 2.00 e. The van der Waals surface area contributed by atoms with E-state index < -0.39 is 18.0 Å². The smallest absolute Gasteiger partial charge is 0.681 e.